The summed E-state index contributed by atoms with van der Waals surface area (Å²) in [4.78, 5) is 30.0. The standard InChI is InChI=1S/C23H25N3O2S2/c1-13-4-9-18-19(11-29-21(18)10-13)22(28)26-23-25-20(12-30-23)17-7-5-16(6-8-17)14(2)24-15(3)27/h5-8,11-14H,4,9-10H2,1-3H3,(H,24,27)(H,25,26,28). The summed E-state index contributed by atoms with van der Waals surface area (Å²) in [5.74, 6) is 0.580. The van der Waals surface area contributed by atoms with E-state index < -0.39 is 0 Å². The number of hydrogen-bond donors (Lipinski definition) is 2. The molecule has 1 aliphatic carbocycles. The Bertz CT molecular complexity index is 1070. The van der Waals surface area contributed by atoms with Gasteiger partial charge in [0, 0.05) is 28.1 Å². The molecule has 2 aromatic heterocycles. The lowest BCUT2D eigenvalue weighted by atomic mass is 9.88. The number of carbonyl (C=O) groups excluding carboxylic acids is 2. The summed E-state index contributed by atoms with van der Waals surface area (Å²) in [6.07, 6.45) is 3.20. The molecule has 0 aliphatic heterocycles. The Morgan fingerprint density at radius 3 is 2.67 bits per heavy atom. The topological polar surface area (TPSA) is 71.1 Å². The monoisotopic (exact) mass is 439 g/mol. The Balaban J connectivity index is 1.44. The van der Waals surface area contributed by atoms with Crippen LogP contribution in [-0.2, 0) is 17.6 Å². The van der Waals surface area contributed by atoms with E-state index >= 15 is 0 Å². The van der Waals surface area contributed by atoms with E-state index in [0.717, 1.165) is 41.6 Å². The minimum atomic E-state index is -0.0672. The molecule has 1 aliphatic rings. The van der Waals surface area contributed by atoms with Gasteiger partial charge in [0.1, 0.15) is 0 Å². The molecule has 5 nitrogen and oxygen atoms in total. The molecule has 0 radical (unpaired) electrons. The number of thiophene rings is 1. The number of fused-ring (bicyclic) bond motifs is 1. The van der Waals surface area contributed by atoms with Gasteiger partial charge in [0.15, 0.2) is 5.13 Å². The molecule has 156 valence electrons. The molecule has 0 saturated carbocycles. The zero-order valence-electron chi connectivity index (χ0n) is 17.3. The molecule has 1 aromatic carbocycles. The molecule has 2 heterocycles. The van der Waals surface area contributed by atoms with Crippen LogP contribution in [0.1, 0.15) is 59.6 Å². The van der Waals surface area contributed by atoms with Crippen molar-refractivity contribution in [2.24, 2.45) is 5.92 Å². The molecule has 2 unspecified atom stereocenters. The van der Waals surface area contributed by atoms with Crippen molar-refractivity contribution in [3.63, 3.8) is 0 Å². The lowest BCUT2D eigenvalue weighted by Gasteiger charge is -2.18. The Hall–Kier alpha value is -2.51. The summed E-state index contributed by atoms with van der Waals surface area (Å²) in [6.45, 7) is 5.74. The van der Waals surface area contributed by atoms with Gasteiger partial charge < -0.3 is 5.32 Å². The molecule has 0 spiro atoms. The fraction of sp³-hybridized carbons (Fsp3) is 0.348. The number of anilines is 1. The highest BCUT2D eigenvalue weighted by molar-refractivity contribution is 7.14. The minimum absolute atomic E-state index is 0.0404. The van der Waals surface area contributed by atoms with Crippen LogP contribution in [-0.4, -0.2) is 16.8 Å². The van der Waals surface area contributed by atoms with Gasteiger partial charge in [-0.1, -0.05) is 31.2 Å². The fourth-order valence-corrected chi connectivity index (χ4v) is 5.79. The molecule has 30 heavy (non-hydrogen) atoms. The zero-order chi connectivity index (χ0) is 21.3. The van der Waals surface area contributed by atoms with Crippen LogP contribution in [0.4, 0.5) is 5.13 Å². The van der Waals surface area contributed by atoms with Crippen LogP contribution >= 0.6 is 22.7 Å². The molecule has 2 N–H and O–H groups in total. The zero-order valence-corrected chi connectivity index (χ0v) is 19.0. The molecule has 0 fully saturated rings. The molecule has 0 saturated heterocycles. The number of thiazole rings is 1. The highest BCUT2D eigenvalue weighted by Crippen LogP contribution is 2.33. The van der Waals surface area contributed by atoms with Crippen LogP contribution in [0.3, 0.4) is 0 Å². The van der Waals surface area contributed by atoms with Gasteiger partial charge in [0.25, 0.3) is 5.91 Å². The third-order valence-corrected chi connectivity index (χ3v) is 7.31. The summed E-state index contributed by atoms with van der Waals surface area (Å²) < 4.78 is 0. The first kappa shape index (κ1) is 20.8. The van der Waals surface area contributed by atoms with Crippen LogP contribution in [0.5, 0.6) is 0 Å². The maximum atomic E-state index is 12.8. The number of nitrogens with one attached hydrogen (secondary N) is 2. The number of hydrogen-bond acceptors (Lipinski definition) is 5. The predicted molar refractivity (Wildman–Crippen MR) is 123 cm³/mol. The average molecular weight is 440 g/mol. The van der Waals surface area contributed by atoms with E-state index in [1.807, 2.05) is 41.9 Å². The third-order valence-electron chi connectivity index (χ3n) is 5.50. The largest absolute Gasteiger partial charge is 0.350 e. The molecular formula is C23H25N3O2S2. The Morgan fingerprint density at radius 2 is 1.93 bits per heavy atom. The number of carbonyl (C=O) groups is 2. The Labute approximate surface area is 184 Å². The van der Waals surface area contributed by atoms with Gasteiger partial charge in [-0.2, -0.15) is 0 Å². The highest BCUT2D eigenvalue weighted by atomic mass is 32.1. The van der Waals surface area contributed by atoms with Crippen molar-refractivity contribution in [2.45, 2.75) is 46.1 Å². The van der Waals surface area contributed by atoms with Crippen molar-refractivity contribution in [1.82, 2.24) is 10.3 Å². The summed E-state index contributed by atoms with van der Waals surface area (Å²) >= 11 is 3.13. The minimum Gasteiger partial charge on any atom is -0.350 e. The van der Waals surface area contributed by atoms with E-state index in [4.69, 9.17) is 0 Å². The Kier molecular flexibility index (Phi) is 6.01. The van der Waals surface area contributed by atoms with E-state index in [1.54, 1.807) is 11.3 Å². The first-order valence-corrected chi connectivity index (χ1v) is 11.9. The first-order valence-electron chi connectivity index (χ1n) is 10.1. The number of rotatable bonds is 5. The van der Waals surface area contributed by atoms with Crippen LogP contribution in [0.2, 0.25) is 0 Å². The second kappa shape index (κ2) is 8.70. The van der Waals surface area contributed by atoms with Gasteiger partial charge in [0.2, 0.25) is 5.91 Å². The smallest absolute Gasteiger partial charge is 0.258 e. The molecule has 2 atom stereocenters. The highest BCUT2D eigenvalue weighted by Gasteiger charge is 2.23. The van der Waals surface area contributed by atoms with Gasteiger partial charge in [-0.3, -0.25) is 14.9 Å². The molecule has 0 bridgehead atoms. The van der Waals surface area contributed by atoms with E-state index in [9.17, 15) is 9.59 Å². The van der Waals surface area contributed by atoms with Crippen molar-refractivity contribution in [3.8, 4) is 11.3 Å². The van der Waals surface area contributed by atoms with Gasteiger partial charge in [-0.25, -0.2) is 4.98 Å². The van der Waals surface area contributed by atoms with E-state index in [-0.39, 0.29) is 17.9 Å². The van der Waals surface area contributed by atoms with Crippen LogP contribution in [0.25, 0.3) is 11.3 Å². The SMILES string of the molecule is CC(=O)NC(C)c1ccc(-c2csc(NC(=O)c3csc4c3CCC(C)C4)n2)cc1. The van der Waals surface area contributed by atoms with Gasteiger partial charge in [-0.05, 0) is 43.2 Å². The maximum absolute atomic E-state index is 12.8. The lowest BCUT2D eigenvalue weighted by Crippen LogP contribution is -2.23. The predicted octanol–water partition coefficient (Wildman–Crippen LogP) is 5.45. The molecule has 4 rings (SSSR count). The fourth-order valence-electron chi connectivity index (χ4n) is 3.83. The van der Waals surface area contributed by atoms with Crippen molar-refractivity contribution < 1.29 is 9.59 Å². The second-order valence-electron chi connectivity index (χ2n) is 7.94. The summed E-state index contributed by atoms with van der Waals surface area (Å²) in [6, 6.07) is 7.93. The van der Waals surface area contributed by atoms with Gasteiger partial charge >= 0.3 is 0 Å². The number of aromatic nitrogens is 1. The van der Waals surface area contributed by atoms with Crippen molar-refractivity contribution in [2.75, 3.05) is 5.32 Å². The number of benzene rings is 1. The molecular weight excluding hydrogens is 414 g/mol. The Morgan fingerprint density at radius 1 is 1.17 bits per heavy atom. The van der Waals surface area contributed by atoms with E-state index in [0.29, 0.717) is 11.0 Å². The third kappa shape index (κ3) is 4.47. The summed E-state index contributed by atoms with van der Waals surface area (Å²) in [5.41, 5.74) is 4.86. The van der Waals surface area contributed by atoms with Crippen molar-refractivity contribution in [1.29, 1.82) is 0 Å². The number of nitrogens with zero attached hydrogens (tertiary/aromatic N) is 1. The first-order chi connectivity index (χ1) is 14.4. The summed E-state index contributed by atoms with van der Waals surface area (Å²) in [5, 5.41) is 10.4. The van der Waals surface area contributed by atoms with Crippen molar-refractivity contribution >= 4 is 39.6 Å². The molecule has 2 amide bonds. The van der Waals surface area contributed by atoms with Gasteiger partial charge in [0.05, 0.1) is 17.3 Å². The van der Waals surface area contributed by atoms with Crippen LogP contribution in [0.15, 0.2) is 35.0 Å². The normalized spacial score (nSPS) is 16.6. The second-order valence-corrected chi connectivity index (χ2v) is 9.76. The molecule has 7 heteroatoms. The maximum Gasteiger partial charge on any atom is 0.258 e. The number of amides is 2. The van der Waals surface area contributed by atoms with Gasteiger partial charge in [-0.15, -0.1) is 22.7 Å². The average Bonchev–Trinajstić information content (AvgIpc) is 3.34. The van der Waals surface area contributed by atoms with Crippen LogP contribution < -0.4 is 10.6 Å². The summed E-state index contributed by atoms with van der Waals surface area (Å²) in [7, 11) is 0. The molecule has 3 aromatic rings. The van der Waals surface area contributed by atoms with E-state index in [1.165, 1.54) is 28.7 Å². The van der Waals surface area contributed by atoms with Crippen LogP contribution in [0, 0.1) is 5.92 Å². The quantitative estimate of drug-likeness (QED) is 0.556. The lowest BCUT2D eigenvalue weighted by molar-refractivity contribution is -0.119. The van der Waals surface area contributed by atoms with E-state index in [2.05, 4.69) is 22.5 Å². The van der Waals surface area contributed by atoms with Crippen molar-refractivity contribution in [3.05, 3.63) is 56.6 Å².